The van der Waals surface area contributed by atoms with E-state index in [4.69, 9.17) is 4.74 Å². The van der Waals surface area contributed by atoms with E-state index in [1.807, 2.05) is 44.2 Å². The molecule has 0 aliphatic heterocycles. The molecule has 3 nitrogen and oxygen atoms in total. The summed E-state index contributed by atoms with van der Waals surface area (Å²) in [6.45, 7) is 4.41. The van der Waals surface area contributed by atoms with Gasteiger partial charge in [-0.15, -0.1) is 0 Å². The lowest BCUT2D eigenvalue weighted by molar-refractivity contribution is -0.0227. The Morgan fingerprint density at radius 3 is 2.94 bits per heavy atom. The van der Waals surface area contributed by atoms with Crippen LogP contribution in [0.15, 0.2) is 36.5 Å². The van der Waals surface area contributed by atoms with E-state index in [9.17, 15) is 5.11 Å². The highest BCUT2D eigenvalue weighted by atomic mass is 16.5. The zero-order valence-electron chi connectivity index (χ0n) is 10.1. The number of hydrogen-bond donors (Lipinski definition) is 1. The standard InChI is InChI=1S/C14H17NO2/c1-3-17-10(2)14(16)12-6-7-13-11(9-12)5-4-8-15-13/h4-10,14,16H,3H2,1-2H3. The number of fused-ring (bicyclic) bond motifs is 1. The Morgan fingerprint density at radius 2 is 2.18 bits per heavy atom. The number of rotatable bonds is 4. The molecule has 0 spiro atoms. The van der Waals surface area contributed by atoms with Crippen LogP contribution < -0.4 is 0 Å². The van der Waals surface area contributed by atoms with Crippen LogP contribution in [0.1, 0.15) is 25.5 Å². The lowest BCUT2D eigenvalue weighted by Crippen LogP contribution is -2.18. The van der Waals surface area contributed by atoms with E-state index in [2.05, 4.69) is 4.98 Å². The van der Waals surface area contributed by atoms with Gasteiger partial charge in [-0.2, -0.15) is 0 Å². The molecule has 90 valence electrons. The first-order chi connectivity index (χ1) is 8.22. The maximum Gasteiger partial charge on any atom is 0.105 e. The van der Waals surface area contributed by atoms with Gasteiger partial charge < -0.3 is 9.84 Å². The minimum Gasteiger partial charge on any atom is -0.386 e. The van der Waals surface area contributed by atoms with Crippen LogP contribution >= 0.6 is 0 Å². The summed E-state index contributed by atoms with van der Waals surface area (Å²) in [6.07, 6.45) is 0.968. The predicted octanol–water partition coefficient (Wildman–Crippen LogP) is 2.69. The number of nitrogens with zero attached hydrogens (tertiary/aromatic N) is 1. The first-order valence-electron chi connectivity index (χ1n) is 5.86. The molecule has 2 unspecified atom stereocenters. The van der Waals surface area contributed by atoms with Gasteiger partial charge in [0.2, 0.25) is 0 Å². The molecule has 1 aromatic carbocycles. The van der Waals surface area contributed by atoms with Crippen LogP contribution in [0.4, 0.5) is 0 Å². The molecule has 1 N–H and O–H groups in total. The van der Waals surface area contributed by atoms with E-state index in [1.165, 1.54) is 0 Å². The van der Waals surface area contributed by atoms with Gasteiger partial charge in [-0.1, -0.05) is 12.1 Å². The first-order valence-corrected chi connectivity index (χ1v) is 5.86. The van der Waals surface area contributed by atoms with E-state index in [0.717, 1.165) is 16.5 Å². The van der Waals surface area contributed by atoms with Crippen LogP contribution in [-0.4, -0.2) is 22.8 Å². The Labute approximate surface area is 101 Å². The average molecular weight is 231 g/mol. The molecule has 0 saturated heterocycles. The zero-order chi connectivity index (χ0) is 12.3. The number of benzene rings is 1. The van der Waals surface area contributed by atoms with Gasteiger partial charge in [0.1, 0.15) is 6.10 Å². The molecule has 0 amide bonds. The molecular weight excluding hydrogens is 214 g/mol. The van der Waals surface area contributed by atoms with Crippen molar-refractivity contribution in [2.75, 3.05) is 6.61 Å². The van der Waals surface area contributed by atoms with E-state index < -0.39 is 6.10 Å². The predicted molar refractivity (Wildman–Crippen MR) is 67.8 cm³/mol. The minimum atomic E-state index is -0.598. The van der Waals surface area contributed by atoms with Crippen molar-refractivity contribution in [3.8, 4) is 0 Å². The van der Waals surface area contributed by atoms with Crippen LogP contribution in [0.25, 0.3) is 10.9 Å². The summed E-state index contributed by atoms with van der Waals surface area (Å²) in [5.74, 6) is 0. The average Bonchev–Trinajstić information content (AvgIpc) is 2.37. The monoisotopic (exact) mass is 231 g/mol. The van der Waals surface area contributed by atoms with Crippen molar-refractivity contribution in [1.82, 2.24) is 4.98 Å². The Hall–Kier alpha value is -1.45. The van der Waals surface area contributed by atoms with Crippen LogP contribution in [0.5, 0.6) is 0 Å². The van der Waals surface area contributed by atoms with Gasteiger partial charge in [0.25, 0.3) is 0 Å². The largest absolute Gasteiger partial charge is 0.386 e. The van der Waals surface area contributed by atoms with Gasteiger partial charge in [0.15, 0.2) is 0 Å². The van der Waals surface area contributed by atoms with Gasteiger partial charge in [-0.25, -0.2) is 0 Å². The first kappa shape index (κ1) is 12.0. The quantitative estimate of drug-likeness (QED) is 0.879. The fraction of sp³-hybridized carbons (Fsp3) is 0.357. The molecule has 2 aromatic rings. The zero-order valence-corrected chi connectivity index (χ0v) is 10.1. The molecule has 0 radical (unpaired) electrons. The van der Waals surface area contributed by atoms with Gasteiger partial charge in [-0.3, -0.25) is 4.98 Å². The minimum absolute atomic E-state index is 0.200. The molecule has 2 rings (SSSR count). The lowest BCUT2D eigenvalue weighted by atomic mass is 10.0. The van der Waals surface area contributed by atoms with Crippen molar-refractivity contribution < 1.29 is 9.84 Å². The summed E-state index contributed by atoms with van der Waals surface area (Å²) in [4.78, 5) is 4.25. The van der Waals surface area contributed by atoms with E-state index >= 15 is 0 Å². The second-order valence-electron chi connectivity index (χ2n) is 4.06. The summed E-state index contributed by atoms with van der Waals surface area (Å²) < 4.78 is 5.40. The van der Waals surface area contributed by atoms with Crippen molar-refractivity contribution in [3.63, 3.8) is 0 Å². The highest BCUT2D eigenvalue weighted by molar-refractivity contribution is 5.79. The Morgan fingerprint density at radius 1 is 1.35 bits per heavy atom. The SMILES string of the molecule is CCOC(C)C(O)c1ccc2ncccc2c1. The molecule has 2 atom stereocenters. The van der Waals surface area contributed by atoms with Crippen molar-refractivity contribution in [2.24, 2.45) is 0 Å². The number of aliphatic hydroxyl groups excluding tert-OH is 1. The molecule has 1 heterocycles. The number of aliphatic hydroxyl groups is 1. The molecule has 1 aromatic heterocycles. The highest BCUT2D eigenvalue weighted by Crippen LogP contribution is 2.22. The molecular formula is C14H17NO2. The highest BCUT2D eigenvalue weighted by Gasteiger charge is 2.16. The Bertz CT molecular complexity index is 498. The summed E-state index contributed by atoms with van der Waals surface area (Å²) in [6, 6.07) is 9.67. The van der Waals surface area contributed by atoms with Gasteiger partial charge in [0.05, 0.1) is 11.6 Å². The Balaban J connectivity index is 2.29. The molecule has 3 heteroatoms. The van der Waals surface area contributed by atoms with Gasteiger partial charge >= 0.3 is 0 Å². The van der Waals surface area contributed by atoms with Crippen LogP contribution in [0.3, 0.4) is 0 Å². The molecule has 0 bridgehead atoms. The number of ether oxygens (including phenoxy) is 1. The molecule has 17 heavy (non-hydrogen) atoms. The smallest absolute Gasteiger partial charge is 0.105 e. The molecule has 0 aliphatic carbocycles. The van der Waals surface area contributed by atoms with Gasteiger partial charge in [-0.05, 0) is 37.6 Å². The maximum absolute atomic E-state index is 10.1. The second kappa shape index (κ2) is 5.25. The second-order valence-corrected chi connectivity index (χ2v) is 4.06. The van der Waals surface area contributed by atoms with E-state index in [0.29, 0.717) is 6.61 Å². The fourth-order valence-electron chi connectivity index (χ4n) is 1.90. The van der Waals surface area contributed by atoms with Crippen molar-refractivity contribution in [2.45, 2.75) is 26.1 Å². The summed E-state index contributed by atoms with van der Waals surface area (Å²) in [5, 5.41) is 11.2. The van der Waals surface area contributed by atoms with Crippen molar-refractivity contribution in [3.05, 3.63) is 42.1 Å². The van der Waals surface area contributed by atoms with Crippen molar-refractivity contribution in [1.29, 1.82) is 0 Å². The van der Waals surface area contributed by atoms with Crippen molar-refractivity contribution >= 4 is 10.9 Å². The third kappa shape index (κ3) is 2.62. The van der Waals surface area contributed by atoms with E-state index in [-0.39, 0.29) is 6.10 Å². The third-order valence-corrected chi connectivity index (χ3v) is 2.84. The maximum atomic E-state index is 10.1. The number of pyridine rings is 1. The molecule has 0 fully saturated rings. The molecule has 0 aliphatic rings. The third-order valence-electron chi connectivity index (χ3n) is 2.84. The van der Waals surface area contributed by atoms with Gasteiger partial charge in [0, 0.05) is 18.2 Å². The van der Waals surface area contributed by atoms with E-state index in [1.54, 1.807) is 6.20 Å². The summed E-state index contributed by atoms with van der Waals surface area (Å²) in [7, 11) is 0. The number of aromatic nitrogens is 1. The summed E-state index contributed by atoms with van der Waals surface area (Å²) in [5.41, 5.74) is 1.80. The van der Waals surface area contributed by atoms with Crippen LogP contribution in [-0.2, 0) is 4.74 Å². The van der Waals surface area contributed by atoms with Crippen LogP contribution in [0, 0.1) is 0 Å². The molecule has 0 saturated carbocycles. The lowest BCUT2D eigenvalue weighted by Gasteiger charge is -2.19. The fourth-order valence-corrected chi connectivity index (χ4v) is 1.90. The summed E-state index contributed by atoms with van der Waals surface area (Å²) >= 11 is 0. The Kier molecular flexibility index (Phi) is 3.71. The van der Waals surface area contributed by atoms with Crippen LogP contribution in [0.2, 0.25) is 0 Å². The normalized spacial score (nSPS) is 14.8. The topological polar surface area (TPSA) is 42.4 Å². The number of hydrogen-bond acceptors (Lipinski definition) is 3.